The van der Waals surface area contributed by atoms with Crippen molar-refractivity contribution in [3.8, 4) is 0 Å². The summed E-state index contributed by atoms with van der Waals surface area (Å²) in [7, 11) is 3.59. The molecular formula is C13H18N4O2. The van der Waals surface area contributed by atoms with Gasteiger partial charge in [0, 0.05) is 39.6 Å². The third-order valence-corrected chi connectivity index (χ3v) is 3.75. The zero-order valence-corrected chi connectivity index (χ0v) is 11.2. The molecule has 102 valence electrons. The maximum atomic E-state index is 12.1. The van der Waals surface area contributed by atoms with Crippen molar-refractivity contribution in [2.24, 2.45) is 5.92 Å². The fourth-order valence-electron chi connectivity index (χ4n) is 2.87. The van der Waals surface area contributed by atoms with Crippen LogP contribution in [0.3, 0.4) is 0 Å². The first-order valence-corrected chi connectivity index (χ1v) is 6.53. The van der Waals surface area contributed by atoms with Gasteiger partial charge in [-0.05, 0) is 12.5 Å². The van der Waals surface area contributed by atoms with Crippen molar-refractivity contribution >= 4 is 11.9 Å². The highest BCUT2D eigenvalue weighted by Gasteiger charge is 2.45. The first-order chi connectivity index (χ1) is 9.15. The summed E-state index contributed by atoms with van der Waals surface area (Å²) in [4.78, 5) is 24.4. The number of ether oxygens (including phenoxy) is 1. The maximum Gasteiger partial charge on any atom is 0.227 e. The van der Waals surface area contributed by atoms with Crippen molar-refractivity contribution in [2.75, 3.05) is 32.1 Å². The van der Waals surface area contributed by atoms with Crippen molar-refractivity contribution in [2.45, 2.75) is 18.6 Å². The molecule has 2 aliphatic rings. The van der Waals surface area contributed by atoms with Crippen LogP contribution in [0.25, 0.3) is 0 Å². The van der Waals surface area contributed by atoms with Gasteiger partial charge in [0.2, 0.25) is 11.9 Å². The van der Waals surface area contributed by atoms with E-state index in [-0.39, 0.29) is 24.0 Å². The Kier molecular flexibility index (Phi) is 3.10. The molecule has 0 spiro atoms. The molecule has 0 unspecified atom stereocenters. The normalized spacial score (nSPS) is 29.4. The average molecular weight is 262 g/mol. The number of rotatable bonds is 2. The fraction of sp³-hybridized carbons (Fsp3) is 0.615. The number of amides is 1. The number of nitrogens with zero attached hydrogens (tertiary/aromatic N) is 4. The van der Waals surface area contributed by atoms with E-state index in [1.807, 2.05) is 0 Å². The Morgan fingerprint density at radius 1 is 1.37 bits per heavy atom. The van der Waals surface area contributed by atoms with E-state index < -0.39 is 0 Å². The Morgan fingerprint density at radius 2 is 2.11 bits per heavy atom. The monoisotopic (exact) mass is 262 g/mol. The predicted octanol–water partition coefficient (Wildman–Crippen LogP) is 0.158. The molecule has 2 aliphatic heterocycles. The van der Waals surface area contributed by atoms with Gasteiger partial charge in [0.1, 0.15) is 0 Å². The summed E-state index contributed by atoms with van der Waals surface area (Å²) < 4.78 is 5.89. The second kappa shape index (κ2) is 4.77. The van der Waals surface area contributed by atoms with Gasteiger partial charge in [0.15, 0.2) is 0 Å². The molecule has 0 aliphatic carbocycles. The summed E-state index contributed by atoms with van der Waals surface area (Å²) in [5.41, 5.74) is 0. The first-order valence-electron chi connectivity index (χ1n) is 6.53. The van der Waals surface area contributed by atoms with Crippen molar-refractivity contribution < 1.29 is 9.53 Å². The highest BCUT2D eigenvalue weighted by molar-refractivity contribution is 5.79. The topological polar surface area (TPSA) is 58.6 Å². The summed E-state index contributed by atoms with van der Waals surface area (Å²) in [6.07, 6.45) is 4.34. The van der Waals surface area contributed by atoms with E-state index in [0.717, 1.165) is 18.9 Å². The zero-order chi connectivity index (χ0) is 13.4. The second-order valence-electron chi connectivity index (χ2n) is 5.33. The summed E-state index contributed by atoms with van der Waals surface area (Å²) in [6.45, 7) is 1.45. The fourth-order valence-corrected chi connectivity index (χ4v) is 2.87. The third kappa shape index (κ3) is 2.28. The van der Waals surface area contributed by atoms with Gasteiger partial charge in [-0.3, -0.25) is 4.79 Å². The predicted molar refractivity (Wildman–Crippen MR) is 69.7 cm³/mol. The van der Waals surface area contributed by atoms with Crippen LogP contribution in [0.5, 0.6) is 0 Å². The van der Waals surface area contributed by atoms with E-state index in [1.54, 1.807) is 37.5 Å². The van der Waals surface area contributed by atoms with Crippen molar-refractivity contribution in [3.63, 3.8) is 0 Å². The van der Waals surface area contributed by atoms with Crippen LogP contribution >= 0.6 is 0 Å². The Labute approximate surface area is 112 Å². The molecule has 3 heterocycles. The van der Waals surface area contributed by atoms with E-state index >= 15 is 0 Å². The molecule has 1 amide bonds. The van der Waals surface area contributed by atoms with Gasteiger partial charge in [-0.25, -0.2) is 9.97 Å². The Hall–Kier alpha value is -1.69. The maximum absolute atomic E-state index is 12.1. The lowest BCUT2D eigenvalue weighted by Crippen LogP contribution is -2.46. The number of hydrogen-bond donors (Lipinski definition) is 0. The van der Waals surface area contributed by atoms with Crippen LogP contribution in [-0.4, -0.2) is 60.2 Å². The van der Waals surface area contributed by atoms with Gasteiger partial charge >= 0.3 is 0 Å². The van der Waals surface area contributed by atoms with Crippen LogP contribution in [0.1, 0.15) is 6.42 Å². The van der Waals surface area contributed by atoms with Gasteiger partial charge in [0.25, 0.3) is 0 Å². The number of anilines is 1. The second-order valence-corrected chi connectivity index (χ2v) is 5.33. The summed E-state index contributed by atoms with van der Waals surface area (Å²) in [5, 5.41) is 0. The molecule has 3 rings (SSSR count). The summed E-state index contributed by atoms with van der Waals surface area (Å²) in [6, 6.07) is 1.80. The molecule has 0 aromatic carbocycles. The molecule has 3 atom stereocenters. The molecule has 6 heteroatoms. The lowest BCUT2D eigenvalue weighted by molar-refractivity contribution is -0.134. The van der Waals surface area contributed by atoms with E-state index in [1.165, 1.54) is 0 Å². The number of fused-ring (bicyclic) bond motifs is 2. The van der Waals surface area contributed by atoms with Crippen LogP contribution in [0, 0.1) is 5.92 Å². The molecule has 0 N–H and O–H groups in total. The molecular weight excluding hydrogens is 244 g/mol. The van der Waals surface area contributed by atoms with Crippen LogP contribution < -0.4 is 4.90 Å². The molecule has 1 aromatic rings. The van der Waals surface area contributed by atoms with E-state index in [4.69, 9.17) is 4.74 Å². The Bertz CT molecular complexity index is 465. The van der Waals surface area contributed by atoms with Gasteiger partial charge in [-0.1, -0.05) is 0 Å². The van der Waals surface area contributed by atoms with Crippen molar-refractivity contribution in [1.29, 1.82) is 0 Å². The summed E-state index contributed by atoms with van der Waals surface area (Å²) >= 11 is 0. The zero-order valence-electron chi connectivity index (χ0n) is 11.2. The molecule has 2 bridgehead atoms. The van der Waals surface area contributed by atoms with Gasteiger partial charge in [0.05, 0.1) is 18.1 Å². The van der Waals surface area contributed by atoms with Crippen molar-refractivity contribution in [1.82, 2.24) is 14.9 Å². The van der Waals surface area contributed by atoms with E-state index in [2.05, 4.69) is 14.9 Å². The molecule has 6 nitrogen and oxygen atoms in total. The molecule has 19 heavy (non-hydrogen) atoms. The number of morpholine rings is 1. The number of carbonyl (C=O) groups is 1. The minimum Gasteiger partial charge on any atom is -0.370 e. The largest absolute Gasteiger partial charge is 0.370 e. The minimum atomic E-state index is -0.0440. The smallest absolute Gasteiger partial charge is 0.227 e. The molecule has 2 fully saturated rings. The number of carbonyl (C=O) groups excluding carboxylic acids is 1. The molecule has 1 aromatic heterocycles. The van der Waals surface area contributed by atoms with Crippen LogP contribution in [-0.2, 0) is 9.53 Å². The number of aromatic nitrogens is 2. The molecule has 2 saturated heterocycles. The van der Waals surface area contributed by atoms with Gasteiger partial charge in [-0.15, -0.1) is 0 Å². The summed E-state index contributed by atoms with van der Waals surface area (Å²) in [5.74, 6) is 0.843. The number of hydrogen-bond acceptors (Lipinski definition) is 5. The molecule has 0 saturated carbocycles. The quantitative estimate of drug-likeness (QED) is 0.760. The standard InChI is InChI=1S/C13H18N4O2/c1-16(2)12(18)10-6-9-7-17(8-11(10)19-9)13-14-4-3-5-15-13/h3-5,9-11H,6-8H2,1-2H3/t9-,10-,11-/m0/s1. The van der Waals surface area contributed by atoms with Crippen LogP contribution in [0.4, 0.5) is 5.95 Å². The highest BCUT2D eigenvalue weighted by Crippen LogP contribution is 2.33. The highest BCUT2D eigenvalue weighted by atomic mass is 16.5. The van der Waals surface area contributed by atoms with Gasteiger partial charge in [-0.2, -0.15) is 0 Å². The van der Waals surface area contributed by atoms with Crippen LogP contribution in [0.15, 0.2) is 18.5 Å². The van der Waals surface area contributed by atoms with Crippen LogP contribution in [0.2, 0.25) is 0 Å². The first kappa shape index (κ1) is 12.3. The lowest BCUT2D eigenvalue weighted by atomic mass is 9.99. The Morgan fingerprint density at radius 3 is 2.79 bits per heavy atom. The van der Waals surface area contributed by atoms with E-state index in [0.29, 0.717) is 6.54 Å². The minimum absolute atomic E-state index is 0.0336. The Balaban J connectivity index is 1.75. The lowest BCUT2D eigenvalue weighted by Gasteiger charge is -2.32. The average Bonchev–Trinajstić information content (AvgIpc) is 2.73. The van der Waals surface area contributed by atoms with E-state index in [9.17, 15) is 4.79 Å². The van der Waals surface area contributed by atoms with Gasteiger partial charge < -0.3 is 14.5 Å². The molecule has 0 radical (unpaired) electrons. The van der Waals surface area contributed by atoms with Crippen molar-refractivity contribution in [3.05, 3.63) is 18.5 Å². The third-order valence-electron chi connectivity index (χ3n) is 3.75. The SMILES string of the molecule is CN(C)C(=O)[C@H]1C[C@H]2CN(c3ncccn3)C[C@@H]1O2.